The summed E-state index contributed by atoms with van der Waals surface area (Å²) in [5, 5.41) is 13.6. The molecule has 1 N–H and O–H groups in total. The zero-order chi connectivity index (χ0) is 15.7. The summed E-state index contributed by atoms with van der Waals surface area (Å²) < 4.78 is 2.10. The van der Waals surface area contributed by atoms with Crippen LogP contribution in [-0.2, 0) is 6.54 Å². The second-order valence-electron chi connectivity index (χ2n) is 4.62. The van der Waals surface area contributed by atoms with Crippen LogP contribution in [0.2, 0.25) is 9.49 Å². The number of carboxylic acids is 1. The summed E-state index contributed by atoms with van der Waals surface area (Å²) in [6.45, 7) is 0.577. The van der Waals surface area contributed by atoms with E-state index < -0.39 is 5.97 Å². The van der Waals surface area contributed by atoms with Gasteiger partial charge in [-0.3, -0.25) is 4.68 Å². The van der Waals surface area contributed by atoms with Gasteiger partial charge in [-0.2, -0.15) is 5.10 Å². The molecule has 0 atom stereocenters. The fourth-order valence-electron chi connectivity index (χ4n) is 2.09. The fraction of sp³-hybridized carbons (Fsp3) is 0.0667. The second-order valence-corrected chi connectivity index (χ2v) is 6.63. The molecule has 0 bridgehead atoms. The van der Waals surface area contributed by atoms with Gasteiger partial charge >= 0.3 is 5.97 Å². The van der Waals surface area contributed by atoms with Crippen molar-refractivity contribution in [1.82, 2.24) is 9.78 Å². The van der Waals surface area contributed by atoms with Crippen molar-refractivity contribution in [2.24, 2.45) is 0 Å². The molecular formula is C15H10Cl2N2O2S. The smallest absolute Gasteiger partial charge is 0.345 e. The molecule has 0 aliphatic carbocycles. The van der Waals surface area contributed by atoms with E-state index in [9.17, 15) is 4.79 Å². The van der Waals surface area contributed by atoms with Crippen molar-refractivity contribution in [3.8, 4) is 11.1 Å². The molecule has 0 fully saturated rings. The van der Waals surface area contributed by atoms with Crippen LogP contribution in [0.25, 0.3) is 11.1 Å². The summed E-state index contributed by atoms with van der Waals surface area (Å²) in [6, 6.07) is 11.4. The SMILES string of the molecule is O=C(O)c1cc(-c2cn(Cc3ccccc3)nc2Cl)c(Cl)s1. The molecule has 22 heavy (non-hydrogen) atoms. The Labute approximate surface area is 140 Å². The third-order valence-electron chi connectivity index (χ3n) is 3.09. The van der Waals surface area contributed by atoms with Crippen LogP contribution in [0.15, 0.2) is 42.6 Å². The van der Waals surface area contributed by atoms with E-state index in [4.69, 9.17) is 28.3 Å². The lowest BCUT2D eigenvalue weighted by atomic mass is 10.2. The number of aromatic nitrogens is 2. The van der Waals surface area contributed by atoms with Crippen LogP contribution < -0.4 is 0 Å². The Hall–Kier alpha value is -1.82. The topological polar surface area (TPSA) is 55.1 Å². The molecule has 0 radical (unpaired) electrons. The first kappa shape index (κ1) is 15.1. The van der Waals surface area contributed by atoms with Crippen LogP contribution in [0.4, 0.5) is 0 Å². The average Bonchev–Trinajstić information content (AvgIpc) is 3.03. The normalized spacial score (nSPS) is 10.8. The van der Waals surface area contributed by atoms with Crippen molar-refractivity contribution in [3.63, 3.8) is 0 Å². The standard InChI is InChI=1S/C15H10Cl2N2O2S/c16-13-11(10-6-12(15(20)21)22-14(10)17)8-19(18-13)7-9-4-2-1-3-5-9/h1-6,8H,7H2,(H,20,21). The van der Waals surface area contributed by atoms with Gasteiger partial charge in [0.1, 0.15) is 9.21 Å². The minimum atomic E-state index is -1.01. The van der Waals surface area contributed by atoms with Gasteiger partial charge in [0.05, 0.1) is 6.54 Å². The van der Waals surface area contributed by atoms with Crippen LogP contribution in [0, 0.1) is 0 Å². The number of carboxylic acid groups (broad SMARTS) is 1. The summed E-state index contributed by atoms with van der Waals surface area (Å²) >= 11 is 13.3. The zero-order valence-electron chi connectivity index (χ0n) is 11.2. The lowest BCUT2D eigenvalue weighted by molar-refractivity contribution is 0.0702. The molecule has 2 aromatic heterocycles. The minimum Gasteiger partial charge on any atom is -0.477 e. The van der Waals surface area contributed by atoms with E-state index in [0.29, 0.717) is 27.2 Å². The minimum absolute atomic E-state index is 0.173. The van der Waals surface area contributed by atoms with E-state index in [1.807, 2.05) is 30.3 Å². The molecule has 0 aliphatic rings. The molecule has 1 aromatic carbocycles. The number of hydrogen-bond donors (Lipinski definition) is 1. The van der Waals surface area contributed by atoms with Crippen LogP contribution in [0.5, 0.6) is 0 Å². The molecule has 0 saturated carbocycles. The molecule has 0 aliphatic heterocycles. The van der Waals surface area contributed by atoms with Crippen molar-refractivity contribution in [2.75, 3.05) is 0 Å². The molecule has 4 nitrogen and oxygen atoms in total. The highest BCUT2D eigenvalue weighted by atomic mass is 35.5. The first-order valence-corrected chi connectivity index (χ1v) is 7.91. The first-order chi connectivity index (χ1) is 10.5. The molecule has 3 aromatic rings. The number of halogens is 2. The maximum atomic E-state index is 11.0. The molecule has 0 saturated heterocycles. The lowest BCUT2D eigenvalue weighted by Crippen LogP contribution is -1.99. The second kappa shape index (κ2) is 6.12. The lowest BCUT2D eigenvalue weighted by Gasteiger charge is -2.00. The van der Waals surface area contributed by atoms with Gasteiger partial charge in [0.2, 0.25) is 0 Å². The fourth-order valence-corrected chi connectivity index (χ4v) is 3.48. The Kier molecular flexibility index (Phi) is 4.20. The van der Waals surface area contributed by atoms with E-state index >= 15 is 0 Å². The van der Waals surface area contributed by atoms with E-state index in [0.717, 1.165) is 16.9 Å². The predicted molar refractivity (Wildman–Crippen MR) is 88.1 cm³/mol. The summed E-state index contributed by atoms with van der Waals surface area (Å²) in [5.74, 6) is -1.01. The van der Waals surface area contributed by atoms with Gasteiger partial charge in [-0.1, -0.05) is 53.5 Å². The maximum Gasteiger partial charge on any atom is 0.345 e. The van der Waals surface area contributed by atoms with Crippen LogP contribution >= 0.6 is 34.5 Å². The molecule has 2 heterocycles. The number of carbonyl (C=O) groups is 1. The largest absolute Gasteiger partial charge is 0.477 e. The van der Waals surface area contributed by atoms with Crippen molar-refractivity contribution < 1.29 is 9.90 Å². The third kappa shape index (κ3) is 3.02. The molecule has 7 heteroatoms. The molecule has 0 spiro atoms. The average molecular weight is 353 g/mol. The quantitative estimate of drug-likeness (QED) is 0.742. The molecule has 0 unspecified atom stereocenters. The number of nitrogens with zero attached hydrogens (tertiary/aromatic N) is 2. The van der Waals surface area contributed by atoms with Crippen molar-refractivity contribution in [3.05, 3.63) is 62.5 Å². The highest BCUT2D eigenvalue weighted by molar-refractivity contribution is 7.18. The number of aromatic carboxylic acids is 1. The van der Waals surface area contributed by atoms with E-state index in [-0.39, 0.29) is 4.88 Å². The van der Waals surface area contributed by atoms with Crippen molar-refractivity contribution in [2.45, 2.75) is 6.54 Å². The third-order valence-corrected chi connectivity index (χ3v) is 4.72. The molecular weight excluding hydrogens is 343 g/mol. The van der Waals surface area contributed by atoms with Crippen LogP contribution in [0.3, 0.4) is 0 Å². The summed E-state index contributed by atoms with van der Waals surface area (Å²) in [4.78, 5) is 11.2. The van der Waals surface area contributed by atoms with Crippen molar-refractivity contribution >= 4 is 40.5 Å². The van der Waals surface area contributed by atoms with Gasteiger partial charge in [-0.05, 0) is 11.6 Å². The van der Waals surface area contributed by atoms with Crippen LogP contribution in [0.1, 0.15) is 15.2 Å². The Balaban J connectivity index is 1.94. The van der Waals surface area contributed by atoms with E-state index in [1.165, 1.54) is 6.07 Å². The molecule has 0 amide bonds. The number of hydrogen-bond acceptors (Lipinski definition) is 3. The van der Waals surface area contributed by atoms with Gasteiger partial charge in [-0.15, -0.1) is 11.3 Å². The Morgan fingerprint density at radius 1 is 1.23 bits per heavy atom. The highest BCUT2D eigenvalue weighted by Crippen LogP contribution is 2.38. The maximum absolute atomic E-state index is 11.0. The number of rotatable bonds is 4. The van der Waals surface area contributed by atoms with Crippen molar-refractivity contribution in [1.29, 1.82) is 0 Å². The van der Waals surface area contributed by atoms with Gasteiger partial charge in [0.25, 0.3) is 0 Å². The van der Waals surface area contributed by atoms with E-state index in [2.05, 4.69) is 5.10 Å². The zero-order valence-corrected chi connectivity index (χ0v) is 13.5. The highest BCUT2D eigenvalue weighted by Gasteiger charge is 2.18. The molecule has 3 rings (SSSR count). The van der Waals surface area contributed by atoms with E-state index in [1.54, 1.807) is 10.9 Å². The number of benzene rings is 1. The monoisotopic (exact) mass is 352 g/mol. The summed E-state index contributed by atoms with van der Waals surface area (Å²) in [5.41, 5.74) is 2.32. The first-order valence-electron chi connectivity index (χ1n) is 6.34. The Morgan fingerprint density at radius 3 is 2.59 bits per heavy atom. The van der Waals surface area contributed by atoms with Gasteiger partial charge in [-0.25, -0.2) is 4.79 Å². The number of thiophene rings is 1. The predicted octanol–water partition coefficient (Wildman–Crippen LogP) is 4.66. The van der Waals surface area contributed by atoms with Crippen LogP contribution in [-0.4, -0.2) is 20.9 Å². The molecule has 112 valence electrons. The van der Waals surface area contributed by atoms with Gasteiger partial charge in [0.15, 0.2) is 5.15 Å². The Morgan fingerprint density at radius 2 is 1.95 bits per heavy atom. The summed E-state index contributed by atoms with van der Waals surface area (Å²) in [7, 11) is 0. The van der Waals surface area contributed by atoms with Gasteiger partial charge < -0.3 is 5.11 Å². The van der Waals surface area contributed by atoms with Gasteiger partial charge in [0, 0.05) is 17.3 Å². The summed E-state index contributed by atoms with van der Waals surface area (Å²) in [6.07, 6.45) is 1.77. The Bertz CT molecular complexity index is 827.